The summed E-state index contributed by atoms with van der Waals surface area (Å²) in [6.07, 6.45) is -5.43. The van der Waals surface area contributed by atoms with Crippen molar-refractivity contribution >= 4 is 6.09 Å². The van der Waals surface area contributed by atoms with Gasteiger partial charge in [0.15, 0.2) is 17.4 Å². The largest absolute Gasteiger partial charge is 0.484 e. The first kappa shape index (κ1) is 29.0. The molecule has 0 radical (unpaired) electrons. The Balaban J connectivity index is 1.32. The molecule has 2 aliphatic heterocycles. The molecule has 0 unspecified atom stereocenters. The minimum atomic E-state index is -4.70. The first-order chi connectivity index (χ1) is 18.1. The number of halogens is 6. The van der Waals surface area contributed by atoms with Crippen molar-refractivity contribution in [2.75, 3.05) is 26.2 Å². The van der Waals surface area contributed by atoms with Crippen LogP contribution in [0, 0.1) is 11.6 Å². The lowest BCUT2D eigenvalue weighted by Crippen LogP contribution is -2.45. The molecule has 0 spiro atoms. The predicted molar refractivity (Wildman–Crippen MR) is 124 cm³/mol. The summed E-state index contributed by atoms with van der Waals surface area (Å²) in [5, 5.41) is 2.92. The van der Waals surface area contributed by atoms with Crippen molar-refractivity contribution in [3.8, 4) is 5.75 Å². The van der Waals surface area contributed by atoms with E-state index in [0.29, 0.717) is 25.9 Å². The highest BCUT2D eigenvalue weighted by Gasteiger charge is 2.40. The van der Waals surface area contributed by atoms with Crippen molar-refractivity contribution in [3.05, 3.63) is 41.0 Å². The number of piperidine rings is 2. The van der Waals surface area contributed by atoms with E-state index >= 15 is 4.39 Å². The standard InChI is InChI=1S/C25H30F6N4O4/c1-23(2,3)38-22(36)35-10-6-24(28,7-11-35)15-12-17(26)20(18(27)13-15)37-16-4-8-34(9-5-16)14-19-32-21(33-39-19)25(29,30)31/h12-13,16H,4-11,14H2,1-3H3. The summed E-state index contributed by atoms with van der Waals surface area (Å²) < 4.78 is 98.9. The third kappa shape index (κ3) is 7.14. The van der Waals surface area contributed by atoms with E-state index in [1.54, 1.807) is 25.7 Å². The monoisotopic (exact) mass is 564 g/mol. The molecule has 3 heterocycles. The van der Waals surface area contributed by atoms with E-state index in [4.69, 9.17) is 9.47 Å². The van der Waals surface area contributed by atoms with Gasteiger partial charge in [-0.1, -0.05) is 5.16 Å². The van der Waals surface area contributed by atoms with Crippen LogP contribution in [0.25, 0.3) is 0 Å². The first-order valence-electron chi connectivity index (χ1n) is 12.6. The van der Waals surface area contributed by atoms with E-state index in [1.807, 2.05) is 0 Å². The van der Waals surface area contributed by atoms with Gasteiger partial charge in [-0.25, -0.2) is 18.0 Å². The lowest BCUT2D eigenvalue weighted by atomic mass is 9.86. The Morgan fingerprint density at radius 1 is 1.08 bits per heavy atom. The quantitative estimate of drug-likeness (QED) is 0.437. The zero-order chi connectivity index (χ0) is 28.6. The van der Waals surface area contributed by atoms with Crippen LogP contribution in [0.1, 0.15) is 63.7 Å². The molecule has 0 aliphatic carbocycles. The number of benzene rings is 1. The molecule has 4 rings (SSSR count). The number of nitrogens with zero attached hydrogens (tertiary/aromatic N) is 4. The molecule has 1 amide bonds. The number of ether oxygens (including phenoxy) is 2. The van der Waals surface area contributed by atoms with Crippen LogP contribution in [0.5, 0.6) is 5.75 Å². The first-order valence-corrected chi connectivity index (χ1v) is 12.6. The molecule has 1 aromatic heterocycles. The molecule has 2 fully saturated rings. The number of likely N-dealkylation sites (tertiary alicyclic amines) is 2. The van der Waals surface area contributed by atoms with Crippen molar-refractivity contribution < 1.29 is 45.1 Å². The topological polar surface area (TPSA) is 80.9 Å². The summed E-state index contributed by atoms with van der Waals surface area (Å²) in [6.45, 7) is 5.95. The fraction of sp³-hybridized carbons (Fsp3) is 0.640. The fourth-order valence-corrected chi connectivity index (χ4v) is 4.57. The van der Waals surface area contributed by atoms with E-state index in [9.17, 15) is 26.7 Å². The summed E-state index contributed by atoms with van der Waals surface area (Å²) in [4.78, 5) is 18.7. The van der Waals surface area contributed by atoms with Gasteiger partial charge in [0, 0.05) is 39.0 Å². The van der Waals surface area contributed by atoms with E-state index in [2.05, 4.69) is 14.7 Å². The van der Waals surface area contributed by atoms with E-state index in [1.165, 1.54) is 4.90 Å². The van der Waals surface area contributed by atoms with Crippen LogP contribution >= 0.6 is 0 Å². The number of hydrogen-bond acceptors (Lipinski definition) is 7. The maximum Gasteiger partial charge on any atom is 0.455 e. The lowest BCUT2D eigenvalue weighted by Gasteiger charge is -2.37. The molecule has 0 saturated carbocycles. The number of aromatic nitrogens is 2. The summed E-state index contributed by atoms with van der Waals surface area (Å²) in [5.41, 5.74) is -2.89. The molecule has 2 aromatic rings. The van der Waals surface area contributed by atoms with Crippen molar-refractivity contribution in [1.82, 2.24) is 19.9 Å². The summed E-state index contributed by atoms with van der Waals surface area (Å²) in [7, 11) is 0. The maximum absolute atomic E-state index is 15.7. The number of alkyl halides is 4. The minimum absolute atomic E-state index is 0.00282. The molecule has 2 saturated heterocycles. The van der Waals surface area contributed by atoms with Gasteiger partial charge in [-0.05, 0) is 51.3 Å². The van der Waals surface area contributed by atoms with Crippen molar-refractivity contribution in [2.24, 2.45) is 0 Å². The fourth-order valence-electron chi connectivity index (χ4n) is 4.57. The zero-order valence-electron chi connectivity index (χ0n) is 21.8. The van der Waals surface area contributed by atoms with Gasteiger partial charge in [0.05, 0.1) is 6.54 Å². The van der Waals surface area contributed by atoms with E-state index < -0.39 is 52.9 Å². The van der Waals surface area contributed by atoms with Crippen LogP contribution in [0.3, 0.4) is 0 Å². The van der Waals surface area contributed by atoms with Crippen LogP contribution in [0.15, 0.2) is 16.7 Å². The highest BCUT2D eigenvalue weighted by Crippen LogP contribution is 2.40. The van der Waals surface area contributed by atoms with Gasteiger partial charge in [0.1, 0.15) is 17.4 Å². The van der Waals surface area contributed by atoms with Crippen molar-refractivity contribution in [2.45, 2.75) is 76.5 Å². The van der Waals surface area contributed by atoms with E-state index in [-0.39, 0.29) is 43.9 Å². The Kier molecular flexibility index (Phi) is 8.06. The van der Waals surface area contributed by atoms with Gasteiger partial charge >= 0.3 is 12.3 Å². The van der Waals surface area contributed by atoms with Gasteiger partial charge < -0.3 is 18.9 Å². The van der Waals surface area contributed by atoms with Gasteiger partial charge in [-0.15, -0.1) is 0 Å². The normalized spacial score (nSPS) is 19.3. The number of amides is 1. The minimum Gasteiger partial charge on any atom is -0.484 e. The van der Waals surface area contributed by atoms with Crippen LogP contribution in [0.4, 0.5) is 31.1 Å². The molecule has 0 bridgehead atoms. The second-order valence-corrected chi connectivity index (χ2v) is 10.8. The Hall–Kier alpha value is -3.03. The van der Waals surface area contributed by atoms with Gasteiger partial charge in [0.2, 0.25) is 5.89 Å². The van der Waals surface area contributed by atoms with Crippen LogP contribution < -0.4 is 4.74 Å². The van der Waals surface area contributed by atoms with Gasteiger partial charge in [-0.2, -0.15) is 18.2 Å². The Morgan fingerprint density at radius 2 is 1.67 bits per heavy atom. The molecule has 0 atom stereocenters. The molecule has 216 valence electrons. The summed E-state index contributed by atoms with van der Waals surface area (Å²) in [6, 6.07) is 1.84. The van der Waals surface area contributed by atoms with Crippen LogP contribution in [-0.4, -0.2) is 63.9 Å². The third-order valence-electron chi connectivity index (χ3n) is 6.62. The molecule has 8 nitrogen and oxygen atoms in total. The summed E-state index contributed by atoms with van der Waals surface area (Å²) in [5.74, 6) is -4.23. The smallest absolute Gasteiger partial charge is 0.455 e. The molecular formula is C25H30F6N4O4. The Labute approximate surface area is 221 Å². The molecular weight excluding hydrogens is 534 g/mol. The highest BCUT2D eigenvalue weighted by atomic mass is 19.4. The van der Waals surface area contributed by atoms with Gasteiger partial charge in [0.25, 0.3) is 5.82 Å². The zero-order valence-corrected chi connectivity index (χ0v) is 21.8. The Bertz CT molecular complexity index is 1140. The average Bonchev–Trinajstić information content (AvgIpc) is 3.31. The Morgan fingerprint density at radius 3 is 2.18 bits per heavy atom. The second kappa shape index (κ2) is 10.9. The molecule has 14 heteroatoms. The van der Waals surface area contributed by atoms with Crippen molar-refractivity contribution in [1.29, 1.82) is 0 Å². The highest BCUT2D eigenvalue weighted by molar-refractivity contribution is 5.68. The number of hydrogen-bond donors (Lipinski definition) is 0. The van der Waals surface area contributed by atoms with E-state index in [0.717, 1.165) is 12.1 Å². The lowest BCUT2D eigenvalue weighted by molar-refractivity contribution is -0.146. The number of carbonyl (C=O) groups excluding carboxylic acids is 1. The number of carbonyl (C=O) groups is 1. The van der Waals surface area contributed by atoms with Gasteiger partial charge in [-0.3, -0.25) is 4.90 Å². The molecule has 0 N–H and O–H groups in total. The number of rotatable bonds is 5. The summed E-state index contributed by atoms with van der Waals surface area (Å²) >= 11 is 0. The third-order valence-corrected chi connectivity index (χ3v) is 6.62. The SMILES string of the molecule is CC(C)(C)OC(=O)N1CCC(F)(c2cc(F)c(OC3CCN(Cc4nc(C(F)(F)F)no4)CC3)c(F)c2)CC1. The molecule has 39 heavy (non-hydrogen) atoms. The molecule has 2 aliphatic rings. The maximum atomic E-state index is 15.7. The molecule has 1 aromatic carbocycles. The predicted octanol–water partition coefficient (Wildman–Crippen LogP) is 5.61. The van der Waals surface area contributed by atoms with Crippen LogP contribution in [0.2, 0.25) is 0 Å². The average molecular weight is 565 g/mol. The van der Waals surface area contributed by atoms with Crippen LogP contribution in [-0.2, 0) is 23.1 Å². The van der Waals surface area contributed by atoms with Crippen molar-refractivity contribution in [3.63, 3.8) is 0 Å². The second-order valence-electron chi connectivity index (χ2n) is 10.8.